The maximum absolute atomic E-state index is 15.2. The Hall–Kier alpha value is -3.76. The van der Waals surface area contributed by atoms with E-state index >= 15 is 4.39 Å². The molecule has 0 spiro atoms. The summed E-state index contributed by atoms with van der Waals surface area (Å²) in [6.45, 7) is 0.921. The quantitative estimate of drug-likeness (QED) is 0.397. The van der Waals surface area contributed by atoms with Gasteiger partial charge in [0, 0.05) is 31.4 Å². The lowest BCUT2D eigenvalue weighted by molar-refractivity contribution is 0.578. The average Bonchev–Trinajstić information content (AvgIpc) is 3.46. The van der Waals surface area contributed by atoms with Crippen LogP contribution in [0.3, 0.4) is 0 Å². The molecule has 0 saturated carbocycles. The second-order valence-corrected chi connectivity index (χ2v) is 9.51. The van der Waals surface area contributed by atoms with Crippen LogP contribution in [0.2, 0.25) is 0 Å². The van der Waals surface area contributed by atoms with Crippen LogP contribution in [0.4, 0.5) is 19.0 Å². The van der Waals surface area contributed by atoms with E-state index < -0.39 is 22.9 Å². The zero-order chi connectivity index (χ0) is 24.3. The summed E-state index contributed by atoms with van der Waals surface area (Å²) in [5.74, 6) is -2.22. The summed E-state index contributed by atoms with van der Waals surface area (Å²) in [6, 6.07) is 11.5. The molecule has 2 aromatic carbocycles. The maximum atomic E-state index is 15.2. The zero-order valence-electron chi connectivity index (χ0n) is 18.2. The Balaban J connectivity index is 1.66. The predicted molar refractivity (Wildman–Crippen MR) is 131 cm³/mol. The van der Waals surface area contributed by atoms with E-state index in [4.69, 9.17) is 5.73 Å². The Kier molecular flexibility index (Phi) is 5.08. The first-order valence-electron chi connectivity index (χ1n) is 11.0. The van der Waals surface area contributed by atoms with Crippen LogP contribution in [0.1, 0.15) is 6.42 Å². The van der Waals surface area contributed by atoms with E-state index in [0.29, 0.717) is 30.0 Å². The number of para-hydroxylation sites is 1. The van der Waals surface area contributed by atoms with Crippen molar-refractivity contribution in [2.45, 2.75) is 12.5 Å². The topological polar surface area (TPSA) is 77.0 Å². The number of aromatic nitrogens is 3. The molecule has 10 heteroatoms. The summed E-state index contributed by atoms with van der Waals surface area (Å²) < 4.78 is 46.0. The van der Waals surface area contributed by atoms with E-state index in [0.717, 1.165) is 22.9 Å². The van der Waals surface area contributed by atoms with E-state index in [1.165, 1.54) is 28.2 Å². The Morgan fingerprint density at radius 1 is 1.03 bits per heavy atom. The second kappa shape index (κ2) is 8.17. The van der Waals surface area contributed by atoms with Gasteiger partial charge >= 0.3 is 0 Å². The fraction of sp³-hybridized carbons (Fsp3) is 0.160. The average molecular weight is 494 g/mol. The largest absolute Gasteiger partial charge is 0.353 e. The highest BCUT2D eigenvalue weighted by atomic mass is 32.1. The van der Waals surface area contributed by atoms with Crippen molar-refractivity contribution in [2.75, 3.05) is 18.0 Å². The zero-order valence-corrected chi connectivity index (χ0v) is 19.0. The highest BCUT2D eigenvalue weighted by Gasteiger charge is 2.26. The lowest BCUT2D eigenvalue weighted by atomic mass is 10.1. The van der Waals surface area contributed by atoms with E-state index in [2.05, 4.69) is 9.97 Å². The molecule has 3 aromatic heterocycles. The molecule has 1 unspecified atom stereocenters. The summed E-state index contributed by atoms with van der Waals surface area (Å²) in [5.41, 5.74) is 6.41. The smallest absolute Gasteiger partial charge is 0.201 e. The van der Waals surface area contributed by atoms with Crippen molar-refractivity contribution in [1.82, 2.24) is 14.5 Å². The second-order valence-electron chi connectivity index (χ2n) is 8.48. The molecule has 0 amide bonds. The van der Waals surface area contributed by atoms with E-state index in [9.17, 15) is 13.6 Å². The summed E-state index contributed by atoms with van der Waals surface area (Å²) in [6.07, 6.45) is 2.11. The molecule has 1 aliphatic rings. The van der Waals surface area contributed by atoms with Gasteiger partial charge in [-0.15, -0.1) is 11.3 Å². The maximum Gasteiger partial charge on any atom is 0.201 e. The predicted octanol–water partition coefficient (Wildman–Crippen LogP) is 4.62. The van der Waals surface area contributed by atoms with Gasteiger partial charge in [0.15, 0.2) is 17.3 Å². The third-order valence-electron chi connectivity index (χ3n) is 6.13. The number of halogens is 3. The Labute approximate surface area is 201 Å². The van der Waals surface area contributed by atoms with Gasteiger partial charge in [0.25, 0.3) is 0 Å². The summed E-state index contributed by atoms with van der Waals surface area (Å²) >= 11 is 1.30. The van der Waals surface area contributed by atoms with E-state index in [1.54, 1.807) is 4.90 Å². The highest BCUT2D eigenvalue weighted by Crippen LogP contribution is 2.32. The molecular formula is C25H18F3N5OS. The van der Waals surface area contributed by atoms with Crippen LogP contribution in [-0.2, 0) is 0 Å². The van der Waals surface area contributed by atoms with Crippen LogP contribution in [0.15, 0.2) is 59.5 Å². The fourth-order valence-corrected chi connectivity index (χ4v) is 5.39. The molecule has 4 heterocycles. The van der Waals surface area contributed by atoms with Gasteiger partial charge in [0.2, 0.25) is 5.43 Å². The van der Waals surface area contributed by atoms with Crippen molar-refractivity contribution in [3.63, 3.8) is 0 Å². The highest BCUT2D eigenvalue weighted by molar-refractivity contribution is 7.21. The lowest BCUT2D eigenvalue weighted by Crippen LogP contribution is -2.28. The first kappa shape index (κ1) is 21.8. The molecule has 176 valence electrons. The number of fused-ring (bicyclic) bond motifs is 2. The van der Waals surface area contributed by atoms with Crippen LogP contribution in [0, 0.1) is 17.5 Å². The van der Waals surface area contributed by atoms with Gasteiger partial charge in [0.1, 0.15) is 16.6 Å². The molecular weight excluding hydrogens is 475 g/mol. The number of hydrogen-bond acceptors (Lipinski definition) is 6. The van der Waals surface area contributed by atoms with Crippen LogP contribution in [0.5, 0.6) is 0 Å². The van der Waals surface area contributed by atoms with Gasteiger partial charge in [0.05, 0.1) is 26.9 Å². The normalized spacial score (nSPS) is 16.0. The number of nitrogens with two attached hydrogens (primary N) is 1. The molecule has 1 saturated heterocycles. The minimum absolute atomic E-state index is 0.0260. The number of pyridine rings is 2. The van der Waals surface area contributed by atoms with E-state index in [-0.39, 0.29) is 34.1 Å². The number of thiazole rings is 1. The Bertz CT molecular complexity index is 1650. The number of anilines is 1. The molecule has 0 bridgehead atoms. The summed E-state index contributed by atoms with van der Waals surface area (Å²) in [5, 5.41) is 0.375. The molecule has 5 aromatic rings. The van der Waals surface area contributed by atoms with Crippen molar-refractivity contribution in [2.24, 2.45) is 5.73 Å². The van der Waals surface area contributed by atoms with Gasteiger partial charge in [-0.3, -0.25) is 9.36 Å². The van der Waals surface area contributed by atoms with Crippen molar-refractivity contribution >= 4 is 38.4 Å². The molecule has 1 aliphatic heterocycles. The van der Waals surface area contributed by atoms with Crippen molar-refractivity contribution in [3.05, 3.63) is 82.4 Å². The van der Waals surface area contributed by atoms with Crippen molar-refractivity contribution < 1.29 is 13.2 Å². The standard InChI is InChI=1S/C25H18F3N5OS/c26-13-5-6-20(17(27)9-13)33-12-16(25-30-19-3-1-2-4-21(19)35-25)22(34)15-10-18(28)24(31-23(15)33)32-8-7-14(29)11-32/h1-6,9-10,12,14H,7-8,11,29H2. The molecule has 0 radical (unpaired) electrons. The van der Waals surface area contributed by atoms with Gasteiger partial charge in [-0.1, -0.05) is 12.1 Å². The van der Waals surface area contributed by atoms with Gasteiger partial charge in [-0.25, -0.2) is 23.1 Å². The molecule has 6 nitrogen and oxygen atoms in total. The van der Waals surface area contributed by atoms with Crippen LogP contribution < -0.4 is 16.1 Å². The molecule has 1 fully saturated rings. The lowest BCUT2D eigenvalue weighted by Gasteiger charge is -2.20. The third kappa shape index (κ3) is 3.65. The van der Waals surface area contributed by atoms with Gasteiger partial charge < -0.3 is 10.6 Å². The van der Waals surface area contributed by atoms with Crippen molar-refractivity contribution in [1.29, 1.82) is 0 Å². The molecule has 0 aliphatic carbocycles. The number of rotatable bonds is 3. The molecule has 1 atom stereocenters. The Morgan fingerprint density at radius 2 is 1.86 bits per heavy atom. The van der Waals surface area contributed by atoms with Crippen LogP contribution in [0.25, 0.3) is 37.5 Å². The number of benzene rings is 2. The molecule has 2 N–H and O–H groups in total. The summed E-state index contributed by atoms with van der Waals surface area (Å²) in [7, 11) is 0. The Morgan fingerprint density at radius 3 is 2.60 bits per heavy atom. The van der Waals surface area contributed by atoms with Crippen LogP contribution >= 0.6 is 11.3 Å². The first-order chi connectivity index (χ1) is 16.9. The molecule has 6 rings (SSSR count). The SMILES string of the molecule is NC1CCN(c2nc3c(cc2F)c(=O)c(-c2nc4ccccc4s2)cn3-c2ccc(F)cc2F)C1. The first-order valence-corrected chi connectivity index (χ1v) is 11.8. The monoisotopic (exact) mass is 493 g/mol. The fourth-order valence-electron chi connectivity index (χ4n) is 4.42. The minimum atomic E-state index is -0.846. The van der Waals surface area contributed by atoms with Gasteiger partial charge in [-0.05, 0) is 36.8 Å². The third-order valence-corrected chi connectivity index (χ3v) is 7.20. The molecule has 35 heavy (non-hydrogen) atoms. The van der Waals surface area contributed by atoms with Crippen LogP contribution in [-0.4, -0.2) is 33.7 Å². The summed E-state index contributed by atoms with van der Waals surface area (Å²) in [4.78, 5) is 24.2. The minimum Gasteiger partial charge on any atom is -0.353 e. The number of hydrogen-bond donors (Lipinski definition) is 1. The van der Waals surface area contributed by atoms with Gasteiger partial charge in [-0.2, -0.15) is 0 Å². The van der Waals surface area contributed by atoms with Crippen molar-refractivity contribution in [3.8, 4) is 16.3 Å². The van der Waals surface area contributed by atoms with E-state index in [1.807, 2.05) is 24.3 Å². The number of nitrogens with zero attached hydrogens (tertiary/aromatic N) is 4.